The summed E-state index contributed by atoms with van der Waals surface area (Å²) in [5, 5.41) is 11.5. The average Bonchev–Trinajstić information content (AvgIpc) is 2.16. The lowest BCUT2D eigenvalue weighted by Crippen LogP contribution is -2.38. The monoisotopic (exact) mass is 216 g/mol. The minimum atomic E-state index is -0.159. The van der Waals surface area contributed by atoms with Gasteiger partial charge in [-0.2, -0.15) is 0 Å². The van der Waals surface area contributed by atoms with Crippen LogP contribution in [0.5, 0.6) is 0 Å². The van der Waals surface area contributed by atoms with Crippen LogP contribution in [0.2, 0.25) is 0 Å². The van der Waals surface area contributed by atoms with Crippen LogP contribution in [0.3, 0.4) is 0 Å². The number of rotatable bonds is 7. The second-order valence-corrected chi connectivity index (χ2v) is 4.40. The summed E-state index contributed by atoms with van der Waals surface area (Å²) in [5.74, 6) is 0.0129. The molecule has 4 heteroatoms. The minimum Gasteiger partial charge on any atom is -0.394 e. The van der Waals surface area contributed by atoms with Gasteiger partial charge in [0.2, 0.25) is 5.91 Å². The van der Waals surface area contributed by atoms with Gasteiger partial charge in [0.25, 0.3) is 0 Å². The van der Waals surface area contributed by atoms with Crippen molar-refractivity contribution in [1.82, 2.24) is 5.32 Å². The number of hydrogen-bond donors (Lipinski definition) is 3. The number of aliphatic hydroxyl groups is 1. The number of nitrogens with two attached hydrogens (primary N) is 1. The molecule has 0 aliphatic heterocycles. The van der Waals surface area contributed by atoms with E-state index in [0.717, 1.165) is 19.3 Å². The molecule has 0 aromatic rings. The lowest BCUT2D eigenvalue weighted by molar-refractivity contribution is -0.125. The van der Waals surface area contributed by atoms with Crippen LogP contribution in [0.15, 0.2) is 0 Å². The van der Waals surface area contributed by atoms with Gasteiger partial charge in [0.15, 0.2) is 0 Å². The number of carbonyl (C=O) groups excluding carboxylic acids is 1. The van der Waals surface area contributed by atoms with E-state index in [1.807, 2.05) is 13.8 Å². The van der Waals surface area contributed by atoms with Crippen LogP contribution in [0.1, 0.15) is 40.0 Å². The van der Waals surface area contributed by atoms with Crippen LogP contribution in [-0.2, 0) is 4.79 Å². The summed E-state index contributed by atoms with van der Waals surface area (Å²) >= 11 is 0. The molecule has 15 heavy (non-hydrogen) atoms. The van der Waals surface area contributed by atoms with Crippen LogP contribution in [0, 0.1) is 5.92 Å². The second kappa shape index (κ2) is 7.65. The van der Waals surface area contributed by atoms with Gasteiger partial charge in [-0.25, -0.2) is 0 Å². The molecule has 4 N–H and O–H groups in total. The van der Waals surface area contributed by atoms with Crippen molar-refractivity contribution in [3.8, 4) is 0 Å². The molecule has 2 unspecified atom stereocenters. The zero-order valence-corrected chi connectivity index (χ0v) is 9.99. The van der Waals surface area contributed by atoms with Gasteiger partial charge in [-0.05, 0) is 26.7 Å². The predicted molar refractivity (Wildman–Crippen MR) is 61.4 cm³/mol. The third kappa shape index (κ3) is 7.33. The highest BCUT2D eigenvalue weighted by molar-refractivity contribution is 5.78. The second-order valence-electron chi connectivity index (χ2n) is 4.40. The molecule has 0 bridgehead atoms. The van der Waals surface area contributed by atoms with Gasteiger partial charge in [0.05, 0.1) is 6.61 Å². The molecule has 0 spiro atoms. The fourth-order valence-corrected chi connectivity index (χ4v) is 1.31. The molecule has 0 aromatic carbocycles. The van der Waals surface area contributed by atoms with E-state index in [-0.39, 0.29) is 30.5 Å². The molecule has 0 saturated heterocycles. The molecule has 3 atom stereocenters. The molecule has 0 saturated carbocycles. The first kappa shape index (κ1) is 14.4. The molecule has 0 fully saturated rings. The summed E-state index contributed by atoms with van der Waals surface area (Å²) < 4.78 is 0. The van der Waals surface area contributed by atoms with E-state index in [1.165, 1.54) is 0 Å². The highest BCUT2D eigenvalue weighted by atomic mass is 16.3. The Kier molecular flexibility index (Phi) is 7.34. The van der Waals surface area contributed by atoms with E-state index in [1.54, 1.807) is 6.92 Å². The molecule has 1 amide bonds. The summed E-state index contributed by atoms with van der Waals surface area (Å²) in [6, 6.07) is 0.0463. The normalized spacial score (nSPS) is 16.9. The first-order valence-electron chi connectivity index (χ1n) is 5.64. The lowest BCUT2D eigenvalue weighted by atomic mass is 10.0. The van der Waals surface area contributed by atoms with E-state index in [2.05, 4.69) is 5.32 Å². The van der Waals surface area contributed by atoms with Crippen molar-refractivity contribution in [2.45, 2.75) is 52.1 Å². The number of nitrogens with one attached hydrogen (secondary N) is 1. The van der Waals surface area contributed by atoms with Crippen molar-refractivity contribution < 1.29 is 9.90 Å². The Labute approximate surface area is 92.2 Å². The van der Waals surface area contributed by atoms with Gasteiger partial charge in [-0.3, -0.25) is 4.79 Å². The zero-order chi connectivity index (χ0) is 11.8. The SMILES string of the molecule is CC(N)CCCC(C)C(=O)N[C@@H](C)CO. The molecule has 0 aromatic heterocycles. The molecule has 0 heterocycles. The minimum absolute atomic E-state index is 0.00208. The Morgan fingerprint density at radius 1 is 1.33 bits per heavy atom. The van der Waals surface area contributed by atoms with Crippen molar-refractivity contribution >= 4 is 5.91 Å². The van der Waals surface area contributed by atoms with Crippen molar-refractivity contribution in [2.24, 2.45) is 11.7 Å². The van der Waals surface area contributed by atoms with Crippen molar-refractivity contribution in [3.05, 3.63) is 0 Å². The zero-order valence-electron chi connectivity index (χ0n) is 9.99. The van der Waals surface area contributed by atoms with Gasteiger partial charge in [-0.15, -0.1) is 0 Å². The van der Waals surface area contributed by atoms with Crippen molar-refractivity contribution in [1.29, 1.82) is 0 Å². The van der Waals surface area contributed by atoms with Gasteiger partial charge >= 0.3 is 0 Å². The Balaban J connectivity index is 3.69. The van der Waals surface area contributed by atoms with E-state index < -0.39 is 0 Å². The molecule has 90 valence electrons. The Hall–Kier alpha value is -0.610. The average molecular weight is 216 g/mol. The number of amides is 1. The molecule has 0 aliphatic carbocycles. The van der Waals surface area contributed by atoms with E-state index in [0.29, 0.717) is 0 Å². The van der Waals surface area contributed by atoms with Crippen LogP contribution < -0.4 is 11.1 Å². The molecule has 0 rings (SSSR count). The highest BCUT2D eigenvalue weighted by Crippen LogP contribution is 2.09. The number of aliphatic hydroxyl groups excluding tert-OH is 1. The topological polar surface area (TPSA) is 75.4 Å². The van der Waals surface area contributed by atoms with Crippen LogP contribution >= 0.6 is 0 Å². The van der Waals surface area contributed by atoms with Gasteiger partial charge < -0.3 is 16.2 Å². The van der Waals surface area contributed by atoms with Crippen molar-refractivity contribution in [3.63, 3.8) is 0 Å². The van der Waals surface area contributed by atoms with Crippen LogP contribution in [0.25, 0.3) is 0 Å². The maximum atomic E-state index is 11.5. The van der Waals surface area contributed by atoms with Gasteiger partial charge in [0, 0.05) is 18.0 Å². The summed E-state index contributed by atoms with van der Waals surface area (Å²) in [6.45, 7) is 5.64. The third-order valence-electron chi connectivity index (χ3n) is 2.41. The lowest BCUT2D eigenvalue weighted by Gasteiger charge is -2.16. The highest BCUT2D eigenvalue weighted by Gasteiger charge is 2.14. The summed E-state index contributed by atoms with van der Waals surface area (Å²) in [4.78, 5) is 11.5. The molecule has 4 nitrogen and oxygen atoms in total. The summed E-state index contributed by atoms with van der Waals surface area (Å²) in [7, 11) is 0. The molecule has 0 aliphatic rings. The van der Waals surface area contributed by atoms with E-state index >= 15 is 0 Å². The van der Waals surface area contributed by atoms with Gasteiger partial charge in [-0.1, -0.05) is 13.3 Å². The summed E-state index contributed by atoms with van der Waals surface area (Å²) in [5.41, 5.74) is 5.62. The maximum absolute atomic E-state index is 11.5. The fraction of sp³-hybridized carbons (Fsp3) is 0.909. The number of carbonyl (C=O) groups is 1. The smallest absolute Gasteiger partial charge is 0.223 e. The largest absolute Gasteiger partial charge is 0.394 e. The fourth-order valence-electron chi connectivity index (χ4n) is 1.31. The summed E-state index contributed by atoms with van der Waals surface area (Å²) in [6.07, 6.45) is 2.78. The maximum Gasteiger partial charge on any atom is 0.223 e. The standard InChI is InChI=1S/C11H24N2O2/c1-8(5-4-6-9(2)12)11(15)13-10(3)7-14/h8-10,14H,4-7,12H2,1-3H3,(H,13,15)/t8?,9?,10-/m0/s1. The quantitative estimate of drug-likeness (QED) is 0.584. The number of hydrogen-bond acceptors (Lipinski definition) is 3. The first-order valence-corrected chi connectivity index (χ1v) is 5.64. The Morgan fingerprint density at radius 2 is 1.93 bits per heavy atom. The van der Waals surface area contributed by atoms with E-state index in [4.69, 9.17) is 10.8 Å². The molecule has 0 radical (unpaired) electrons. The molecular weight excluding hydrogens is 192 g/mol. The predicted octanol–water partition coefficient (Wildman–Crippen LogP) is 0.637. The Morgan fingerprint density at radius 3 is 2.40 bits per heavy atom. The van der Waals surface area contributed by atoms with Gasteiger partial charge in [0.1, 0.15) is 0 Å². The first-order chi connectivity index (χ1) is 6.97. The third-order valence-corrected chi connectivity index (χ3v) is 2.41. The van der Waals surface area contributed by atoms with E-state index in [9.17, 15) is 4.79 Å². The molecular formula is C11H24N2O2. The van der Waals surface area contributed by atoms with Crippen LogP contribution in [0.4, 0.5) is 0 Å². The van der Waals surface area contributed by atoms with Crippen molar-refractivity contribution in [2.75, 3.05) is 6.61 Å². The van der Waals surface area contributed by atoms with Crippen LogP contribution in [-0.4, -0.2) is 29.7 Å². The Bertz CT molecular complexity index is 183.